The molecule has 1 aromatic rings. The fraction of sp³-hybridized carbons (Fsp3) is 0.611. The van der Waals surface area contributed by atoms with Crippen LogP contribution in [0.25, 0.3) is 0 Å². The molecule has 3 N–H and O–H groups in total. The summed E-state index contributed by atoms with van der Waals surface area (Å²) in [5.74, 6) is 1.32. The van der Waals surface area contributed by atoms with Crippen molar-refractivity contribution in [3.8, 4) is 5.75 Å². The van der Waals surface area contributed by atoms with Gasteiger partial charge in [-0.15, -0.1) is 12.4 Å². The molecule has 4 nitrogen and oxygen atoms in total. The van der Waals surface area contributed by atoms with Gasteiger partial charge >= 0.3 is 0 Å². The maximum Gasteiger partial charge on any atom is 0.240 e. The van der Waals surface area contributed by atoms with Crippen LogP contribution in [0.3, 0.4) is 0 Å². The Morgan fingerprint density at radius 1 is 1.35 bits per heavy atom. The van der Waals surface area contributed by atoms with Gasteiger partial charge in [0.05, 0.1) is 12.1 Å². The molecular formula is C18H31ClN2O2. The first kappa shape index (κ1) is 21.7. The number of amides is 1. The average molecular weight is 343 g/mol. The molecule has 0 aliphatic heterocycles. The van der Waals surface area contributed by atoms with Crippen LogP contribution in [0, 0.1) is 5.92 Å². The van der Waals surface area contributed by atoms with E-state index in [9.17, 15) is 4.79 Å². The molecule has 5 heteroatoms. The van der Waals surface area contributed by atoms with Crippen LogP contribution in [0.1, 0.15) is 52.5 Å². The van der Waals surface area contributed by atoms with Crippen LogP contribution < -0.4 is 15.8 Å². The first-order chi connectivity index (χ1) is 10.4. The normalized spacial score (nSPS) is 13.1. The van der Waals surface area contributed by atoms with Gasteiger partial charge in [0.1, 0.15) is 5.75 Å². The van der Waals surface area contributed by atoms with Gasteiger partial charge in [-0.3, -0.25) is 4.79 Å². The van der Waals surface area contributed by atoms with Gasteiger partial charge in [-0.2, -0.15) is 0 Å². The van der Waals surface area contributed by atoms with E-state index in [1.165, 1.54) is 0 Å². The first-order valence-corrected chi connectivity index (χ1v) is 8.14. The smallest absolute Gasteiger partial charge is 0.240 e. The molecule has 0 bridgehead atoms. The number of carbonyl (C=O) groups excluding carboxylic acids is 1. The zero-order valence-corrected chi connectivity index (χ0v) is 15.5. The van der Waals surface area contributed by atoms with Crippen molar-refractivity contribution in [1.29, 1.82) is 0 Å². The summed E-state index contributed by atoms with van der Waals surface area (Å²) in [6.45, 7) is 9.27. The summed E-state index contributed by atoms with van der Waals surface area (Å²) < 4.78 is 5.83. The number of hydrogen-bond donors (Lipinski definition) is 2. The average Bonchev–Trinajstić information content (AvgIpc) is 2.45. The number of rotatable bonds is 9. The molecule has 0 saturated carbocycles. The van der Waals surface area contributed by atoms with E-state index < -0.39 is 5.54 Å². The van der Waals surface area contributed by atoms with Crippen LogP contribution in [0.4, 0.5) is 0 Å². The molecule has 1 amide bonds. The number of nitrogens with two attached hydrogens (primary N) is 1. The monoisotopic (exact) mass is 342 g/mol. The summed E-state index contributed by atoms with van der Waals surface area (Å²) in [7, 11) is 0. The van der Waals surface area contributed by atoms with E-state index in [0.717, 1.165) is 24.2 Å². The maximum atomic E-state index is 12.2. The summed E-state index contributed by atoms with van der Waals surface area (Å²) in [5.41, 5.74) is 6.20. The van der Waals surface area contributed by atoms with Gasteiger partial charge in [0, 0.05) is 12.1 Å². The highest BCUT2D eigenvalue weighted by atomic mass is 35.5. The number of ether oxygens (including phenoxy) is 1. The highest BCUT2D eigenvalue weighted by molar-refractivity contribution is 5.85. The molecule has 1 aromatic carbocycles. The van der Waals surface area contributed by atoms with Crippen molar-refractivity contribution >= 4 is 18.3 Å². The van der Waals surface area contributed by atoms with E-state index >= 15 is 0 Å². The van der Waals surface area contributed by atoms with E-state index in [1.54, 1.807) is 6.92 Å². The Morgan fingerprint density at radius 3 is 2.61 bits per heavy atom. The molecule has 132 valence electrons. The Bertz CT molecular complexity index is 476. The second-order valence-corrected chi connectivity index (χ2v) is 6.49. The Labute approximate surface area is 146 Å². The number of para-hydroxylation sites is 1. The van der Waals surface area contributed by atoms with Crippen molar-refractivity contribution in [2.75, 3.05) is 6.61 Å². The van der Waals surface area contributed by atoms with Crippen LogP contribution in [-0.4, -0.2) is 18.1 Å². The molecular weight excluding hydrogens is 312 g/mol. The van der Waals surface area contributed by atoms with Gasteiger partial charge in [0.15, 0.2) is 0 Å². The molecule has 0 radical (unpaired) electrons. The summed E-state index contributed by atoms with van der Waals surface area (Å²) >= 11 is 0. The second-order valence-electron chi connectivity index (χ2n) is 6.49. The fourth-order valence-electron chi connectivity index (χ4n) is 2.21. The molecule has 0 saturated heterocycles. The Kier molecular flexibility index (Phi) is 9.93. The third-order valence-corrected chi connectivity index (χ3v) is 3.65. The molecule has 0 aromatic heterocycles. The Hall–Kier alpha value is -1.26. The predicted molar refractivity (Wildman–Crippen MR) is 98.0 cm³/mol. The van der Waals surface area contributed by atoms with Crippen molar-refractivity contribution in [2.45, 2.75) is 59.0 Å². The molecule has 0 aliphatic carbocycles. The fourth-order valence-corrected chi connectivity index (χ4v) is 2.21. The standard InChI is InChI=1S/C18H30N2O2.ClH/c1-5-11-18(4,19)17(21)20-13-15-8-6-7-9-16(15)22-12-10-14(2)3;/h6-9,14H,5,10-13,19H2,1-4H3,(H,20,21);1H. The number of halogens is 1. The van der Waals surface area contributed by atoms with Crippen LogP contribution in [0.2, 0.25) is 0 Å². The van der Waals surface area contributed by atoms with Crippen LogP contribution in [0.5, 0.6) is 5.75 Å². The van der Waals surface area contributed by atoms with Gasteiger partial charge in [0.2, 0.25) is 5.91 Å². The van der Waals surface area contributed by atoms with E-state index in [0.29, 0.717) is 25.5 Å². The van der Waals surface area contributed by atoms with E-state index in [4.69, 9.17) is 10.5 Å². The minimum absolute atomic E-state index is 0. The van der Waals surface area contributed by atoms with E-state index in [1.807, 2.05) is 31.2 Å². The third kappa shape index (κ3) is 7.71. The third-order valence-electron chi connectivity index (χ3n) is 3.65. The molecule has 0 fully saturated rings. The molecule has 0 heterocycles. The lowest BCUT2D eigenvalue weighted by Crippen LogP contribution is -2.51. The summed E-state index contributed by atoms with van der Waals surface area (Å²) in [6.07, 6.45) is 2.57. The van der Waals surface area contributed by atoms with Gasteiger partial charge in [-0.1, -0.05) is 45.4 Å². The number of carbonyl (C=O) groups is 1. The van der Waals surface area contributed by atoms with Crippen LogP contribution in [0.15, 0.2) is 24.3 Å². The first-order valence-electron chi connectivity index (χ1n) is 8.14. The lowest BCUT2D eigenvalue weighted by molar-refractivity contribution is -0.126. The molecule has 0 aliphatic rings. The van der Waals surface area contributed by atoms with Crippen molar-refractivity contribution in [2.24, 2.45) is 11.7 Å². The molecule has 1 atom stereocenters. The van der Waals surface area contributed by atoms with Crippen LogP contribution >= 0.6 is 12.4 Å². The van der Waals surface area contributed by atoms with Crippen molar-refractivity contribution in [3.05, 3.63) is 29.8 Å². The van der Waals surface area contributed by atoms with Gasteiger partial charge in [-0.05, 0) is 31.7 Å². The summed E-state index contributed by atoms with van der Waals surface area (Å²) in [5, 5.41) is 2.92. The van der Waals surface area contributed by atoms with Crippen molar-refractivity contribution in [1.82, 2.24) is 5.32 Å². The highest BCUT2D eigenvalue weighted by Gasteiger charge is 2.26. The van der Waals surface area contributed by atoms with Gasteiger partial charge in [0.25, 0.3) is 0 Å². The lowest BCUT2D eigenvalue weighted by Gasteiger charge is -2.23. The van der Waals surface area contributed by atoms with Crippen LogP contribution in [-0.2, 0) is 11.3 Å². The number of nitrogens with one attached hydrogen (secondary N) is 1. The van der Waals surface area contributed by atoms with Crippen molar-refractivity contribution < 1.29 is 9.53 Å². The molecule has 23 heavy (non-hydrogen) atoms. The Balaban J connectivity index is 0.00000484. The topological polar surface area (TPSA) is 64.4 Å². The minimum Gasteiger partial charge on any atom is -0.493 e. The van der Waals surface area contributed by atoms with E-state index in [-0.39, 0.29) is 18.3 Å². The molecule has 1 unspecified atom stereocenters. The van der Waals surface area contributed by atoms with Gasteiger partial charge in [-0.25, -0.2) is 0 Å². The summed E-state index contributed by atoms with van der Waals surface area (Å²) in [4.78, 5) is 12.2. The number of hydrogen-bond acceptors (Lipinski definition) is 3. The minimum atomic E-state index is -0.817. The second kappa shape index (κ2) is 10.5. The SMILES string of the molecule is CCCC(C)(N)C(=O)NCc1ccccc1OCCC(C)C.Cl. The quantitative estimate of drug-likeness (QED) is 0.719. The largest absolute Gasteiger partial charge is 0.493 e. The maximum absolute atomic E-state index is 12.2. The van der Waals surface area contributed by atoms with Crippen molar-refractivity contribution in [3.63, 3.8) is 0 Å². The molecule has 1 rings (SSSR count). The highest BCUT2D eigenvalue weighted by Crippen LogP contribution is 2.19. The van der Waals surface area contributed by atoms with E-state index in [2.05, 4.69) is 19.2 Å². The lowest BCUT2D eigenvalue weighted by atomic mass is 9.96. The zero-order valence-electron chi connectivity index (χ0n) is 14.7. The number of benzene rings is 1. The zero-order chi connectivity index (χ0) is 16.6. The molecule has 0 spiro atoms. The predicted octanol–water partition coefficient (Wildman–Crippen LogP) is 3.67. The summed E-state index contributed by atoms with van der Waals surface area (Å²) in [6, 6.07) is 7.80. The Morgan fingerprint density at radius 2 is 2.00 bits per heavy atom. The van der Waals surface area contributed by atoms with Gasteiger partial charge < -0.3 is 15.8 Å².